The van der Waals surface area contributed by atoms with Gasteiger partial charge in [-0.2, -0.15) is 8.42 Å². The lowest BCUT2D eigenvalue weighted by atomic mass is 10.2. The Bertz CT molecular complexity index is 406. The third kappa shape index (κ3) is 9.17. The molecule has 0 aliphatic rings. The maximum Gasteiger partial charge on any atom is 0.261 e. The topological polar surface area (TPSA) is 83.5 Å². The molecule has 1 amide bonds. The molecule has 90 valence electrons. The number of amides is 1. The summed E-state index contributed by atoms with van der Waals surface area (Å²) in [5.41, 5.74) is 0.717. The smallest absolute Gasteiger partial charge is 0.261 e. The van der Waals surface area contributed by atoms with E-state index in [2.05, 4.69) is 5.32 Å². The largest absolute Gasteiger partial charge is 0.352 e. The number of carbonyl (C=O) groups is 1. The molecule has 1 aromatic rings. The zero-order valence-electron chi connectivity index (χ0n) is 9.17. The van der Waals surface area contributed by atoms with Crippen molar-refractivity contribution in [1.82, 2.24) is 5.32 Å². The maximum atomic E-state index is 11.1. The van der Waals surface area contributed by atoms with Crippen LogP contribution in [-0.2, 0) is 10.1 Å². The number of carbonyl (C=O) groups excluding carboxylic acids is 1. The van der Waals surface area contributed by atoms with Crippen molar-refractivity contribution in [3.05, 3.63) is 35.9 Å². The van der Waals surface area contributed by atoms with Crippen LogP contribution in [0.2, 0.25) is 0 Å². The first-order chi connectivity index (χ1) is 7.34. The number of rotatable bonds is 2. The van der Waals surface area contributed by atoms with Gasteiger partial charge in [0.15, 0.2) is 0 Å². The summed E-state index contributed by atoms with van der Waals surface area (Å²) in [5.74, 6) is -0.00639. The SMILES string of the molecule is CCNC(=O)c1ccccc1.CS(=O)(=O)O. The molecular weight excluding hydrogens is 230 g/mol. The highest BCUT2D eigenvalue weighted by Gasteiger charge is 1.99. The van der Waals surface area contributed by atoms with Gasteiger partial charge in [-0.1, -0.05) is 18.2 Å². The van der Waals surface area contributed by atoms with Crippen molar-refractivity contribution in [3.63, 3.8) is 0 Å². The fourth-order valence-corrected chi connectivity index (χ4v) is 0.852. The Labute approximate surface area is 95.2 Å². The van der Waals surface area contributed by atoms with Crippen molar-refractivity contribution < 1.29 is 17.8 Å². The molecule has 0 atom stereocenters. The highest BCUT2D eigenvalue weighted by atomic mass is 32.2. The van der Waals surface area contributed by atoms with Gasteiger partial charge in [-0.05, 0) is 19.1 Å². The fourth-order valence-electron chi connectivity index (χ4n) is 0.852. The molecule has 0 aromatic heterocycles. The second kappa shape index (κ2) is 6.97. The number of nitrogens with one attached hydrogen (secondary N) is 1. The second-order valence-electron chi connectivity index (χ2n) is 2.96. The van der Waals surface area contributed by atoms with E-state index in [1.54, 1.807) is 12.1 Å². The summed E-state index contributed by atoms with van der Waals surface area (Å²) in [7, 11) is -3.67. The number of benzene rings is 1. The molecule has 6 heteroatoms. The van der Waals surface area contributed by atoms with Gasteiger partial charge >= 0.3 is 0 Å². The minimum atomic E-state index is -3.67. The molecule has 16 heavy (non-hydrogen) atoms. The minimum absolute atomic E-state index is 0.00639. The second-order valence-corrected chi connectivity index (χ2v) is 4.42. The molecule has 0 spiro atoms. The van der Waals surface area contributed by atoms with Gasteiger partial charge in [0.05, 0.1) is 6.26 Å². The van der Waals surface area contributed by atoms with Gasteiger partial charge in [0, 0.05) is 12.1 Å². The minimum Gasteiger partial charge on any atom is -0.352 e. The molecule has 0 bridgehead atoms. The zero-order valence-corrected chi connectivity index (χ0v) is 9.99. The van der Waals surface area contributed by atoms with Crippen molar-refractivity contribution in [2.24, 2.45) is 0 Å². The van der Waals surface area contributed by atoms with Crippen LogP contribution in [0.5, 0.6) is 0 Å². The van der Waals surface area contributed by atoms with Gasteiger partial charge in [0.2, 0.25) is 0 Å². The molecule has 0 aliphatic carbocycles. The lowest BCUT2D eigenvalue weighted by molar-refractivity contribution is 0.0956. The first kappa shape index (κ1) is 14.6. The van der Waals surface area contributed by atoms with Crippen molar-refractivity contribution in [3.8, 4) is 0 Å². The Balaban J connectivity index is 0.000000385. The van der Waals surface area contributed by atoms with E-state index in [1.165, 1.54) is 0 Å². The monoisotopic (exact) mass is 245 g/mol. The van der Waals surface area contributed by atoms with Crippen molar-refractivity contribution in [2.75, 3.05) is 12.8 Å². The molecule has 0 radical (unpaired) electrons. The van der Waals surface area contributed by atoms with Crippen molar-refractivity contribution >= 4 is 16.0 Å². The Morgan fingerprint density at radius 1 is 1.31 bits per heavy atom. The van der Waals surface area contributed by atoms with E-state index in [9.17, 15) is 13.2 Å². The highest BCUT2D eigenvalue weighted by molar-refractivity contribution is 7.85. The van der Waals surface area contributed by atoms with E-state index in [-0.39, 0.29) is 5.91 Å². The lowest BCUT2D eigenvalue weighted by Crippen LogP contribution is -2.22. The van der Waals surface area contributed by atoms with E-state index in [4.69, 9.17) is 4.55 Å². The molecule has 1 aromatic carbocycles. The van der Waals surface area contributed by atoms with Crippen LogP contribution < -0.4 is 5.32 Å². The molecular formula is C10H15NO4S. The van der Waals surface area contributed by atoms with Crippen LogP contribution >= 0.6 is 0 Å². The van der Waals surface area contributed by atoms with Gasteiger partial charge in [0.25, 0.3) is 16.0 Å². The maximum absolute atomic E-state index is 11.1. The first-order valence-corrected chi connectivity index (χ1v) is 6.45. The van der Waals surface area contributed by atoms with E-state index < -0.39 is 10.1 Å². The summed E-state index contributed by atoms with van der Waals surface area (Å²) in [6.07, 6.45) is 0.715. The van der Waals surface area contributed by atoms with Crippen molar-refractivity contribution in [1.29, 1.82) is 0 Å². The van der Waals surface area contributed by atoms with Crippen LogP contribution in [0.3, 0.4) is 0 Å². The predicted molar refractivity (Wildman–Crippen MR) is 61.9 cm³/mol. The predicted octanol–water partition coefficient (Wildman–Crippen LogP) is 0.940. The molecule has 0 heterocycles. The summed E-state index contributed by atoms with van der Waals surface area (Å²) in [4.78, 5) is 11.1. The van der Waals surface area contributed by atoms with E-state index in [0.717, 1.165) is 0 Å². The summed E-state index contributed by atoms with van der Waals surface area (Å²) >= 11 is 0. The Hall–Kier alpha value is -1.40. The first-order valence-electron chi connectivity index (χ1n) is 4.60. The third-order valence-corrected chi connectivity index (χ3v) is 1.37. The van der Waals surface area contributed by atoms with Gasteiger partial charge in [-0.3, -0.25) is 9.35 Å². The molecule has 0 saturated carbocycles. The molecule has 0 fully saturated rings. The fraction of sp³-hybridized carbons (Fsp3) is 0.300. The summed E-state index contributed by atoms with van der Waals surface area (Å²) in [6.45, 7) is 2.58. The van der Waals surface area contributed by atoms with Gasteiger partial charge in [0.1, 0.15) is 0 Å². The summed E-state index contributed by atoms with van der Waals surface area (Å²) in [6, 6.07) is 9.19. The van der Waals surface area contributed by atoms with Gasteiger partial charge in [-0.25, -0.2) is 0 Å². The van der Waals surface area contributed by atoms with Crippen LogP contribution in [0.4, 0.5) is 0 Å². The molecule has 1 rings (SSSR count). The molecule has 5 nitrogen and oxygen atoms in total. The molecule has 0 aliphatic heterocycles. The Morgan fingerprint density at radius 3 is 2.12 bits per heavy atom. The number of hydrogen-bond acceptors (Lipinski definition) is 3. The van der Waals surface area contributed by atoms with Crippen LogP contribution in [-0.4, -0.2) is 31.7 Å². The normalized spacial score (nSPS) is 9.94. The van der Waals surface area contributed by atoms with Crippen LogP contribution in [0, 0.1) is 0 Å². The van der Waals surface area contributed by atoms with Crippen LogP contribution in [0.15, 0.2) is 30.3 Å². The Kier molecular flexibility index (Phi) is 6.36. The lowest BCUT2D eigenvalue weighted by Gasteiger charge is -1.99. The summed E-state index contributed by atoms with van der Waals surface area (Å²) in [5, 5.41) is 2.72. The molecule has 0 unspecified atom stereocenters. The van der Waals surface area contributed by atoms with Gasteiger partial charge < -0.3 is 5.32 Å². The van der Waals surface area contributed by atoms with Crippen LogP contribution in [0.25, 0.3) is 0 Å². The summed E-state index contributed by atoms with van der Waals surface area (Å²) < 4.78 is 25.9. The van der Waals surface area contributed by atoms with E-state index in [1.807, 2.05) is 25.1 Å². The zero-order chi connectivity index (χ0) is 12.6. The molecule has 2 N–H and O–H groups in total. The average molecular weight is 245 g/mol. The number of hydrogen-bond donors (Lipinski definition) is 2. The standard InChI is InChI=1S/C9H11NO.CH4O3S/c1-2-10-9(11)8-6-4-3-5-7-8;1-5(2,3)4/h3-7H,2H2,1H3,(H,10,11);1H3,(H,2,3,4). The third-order valence-electron chi connectivity index (χ3n) is 1.37. The van der Waals surface area contributed by atoms with E-state index in [0.29, 0.717) is 18.4 Å². The highest BCUT2D eigenvalue weighted by Crippen LogP contribution is 1.96. The average Bonchev–Trinajstić information content (AvgIpc) is 2.17. The Morgan fingerprint density at radius 2 is 1.75 bits per heavy atom. The van der Waals surface area contributed by atoms with Crippen LogP contribution in [0.1, 0.15) is 17.3 Å². The van der Waals surface area contributed by atoms with Crippen molar-refractivity contribution in [2.45, 2.75) is 6.92 Å². The van der Waals surface area contributed by atoms with E-state index >= 15 is 0 Å². The van der Waals surface area contributed by atoms with Gasteiger partial charge in [-0.15, -0.1) is 0 Å². The quantitative estimate of drug-likeness (QED) is 0.759. The molecule has 0 saturated heterocycles.